The van der Waals surface area contributed by atoms with E-state index in [2.05, 4.69) is 22.4 Å². The second kappa shape index (κ2) is 11.2. The highest BCUT2D eigenvalue weighted by Crippen LogP contribution is 2.40. The van der Waals surface area contributed by atoms with E-state index in [1.54, 1.807) is 26.0 Å². The molecule has 4 rings (SSSR count). The van der Waals surface area contributed by atoms with Crippen LogP contribution in [0.5, 0.6) is 17.4 Å². The molecule has 0 aliphatic carbocycles. The molecule has 7 nitrogen and oxygen atoms in total. The fourth-order valence-electron chi connectivity index (χ4n) is 3.74. The Morgan fingerprint density at radius 2 is 1.79 bits per heavy atom. The molecule has 0 radical (unpaired) electrons. The van der Waals surface area contributed by atoms with Gasteiger partial charge in [0, 0.05) is 22.6 Å². The number of aromatic nitrogens is 3. The average molecular weight is 467 g/mol. The van der Waals surface area contributed by atoms with Gasteiger partial charge >= 0.3 is 0 Å². The van der Waals surface area contributed by atoms with Crippen LogP contribution in [-0.4, -0.2) is 35.2 Å². The summed E-state index contributed by atoms with van der Waals surface area (Å²) in [5.74, 6) is 2.74. The molecule has 0 spiro atoms. The number of benzene rings is 2. The van der Waals surface area contributed by atoms with E-state index in [9.17, 15) is 0 Å². The van der Waals surface area contributed by atoms with Crippen LogP contribution >= 0.6 is 11.8 Å². The van der Waals surface area contributed by atoms with Gasteiger partial charge in [0.2, 0.25) is 11.0 Å². The maximum Gasteiger partial charge on any atom is 0.247 e. The van der Waals surface area contributed by atoms with Crippen molar-refractivity contribution in [3.8, 4) is 28.6 Å². The molecule has 174 valence electrons. The first-order valence-electron chi connectivity index (χ1n) is 11.4. The molecule has 8 heteroatoms. The van der Waals surface area contributed by atoms with E-state index in [0.717, 1.165) is 29.0 Å². The Bertz CT molecular complexity index is 1080. The molecular formula is C25H30N4O3S. The van der Waals surface area contributed by atoms with Crippen LogP contribution in [0, 0.1) is 0 Å². The van der Waals surface area contributed by atoms with Crippen LogP contribution in [0.3, 0.4) is 0 Å². The minimum atomic E-state index is -0.476. The van der Waals surface area contributed by atoms with E-state index in [0.29, 0.717) is 28.2 Å². The van der Waals surface area contributed by atoms with Gasteiger partial charge in [-0.05, 0) is 30.7 Å². The number of rotatable bonds is 10. The second-order valence-electron chi connectivity index (χ2n) is 7.81. The van der Waals surface area contributed by atoms with Gasteiger partial charge in [-0.15, -0.1) is 10.2 Å². The lowest BCUT2D eigenvalue weighted by Gasteiger charge is -2.20. The molecule has 1 N–H and O–H groups in total. The van der Waals surface area contributed by atoms with Gasteiger partial charge in [-0.3, -0.25) is 0 Å². The van der Waals surface area contributed by atoms with Crippen LogP contribution in [0.25, 0.3) is 11.3 Å². The molecule has 33 heavy (non-hydrogen) atoms. The zero-order valence-corrected chi connectivity index (χ0v) is 20.2. The molecule has 2 heterocycles. The smallest absolute Gasteiger partial charge is 0.247 e. The lowest BCUT2D eigenvalue weighted by Crippen LogP contribution is -2.17. The van der Waals surface area contributed by atoms with Crippen LogP contribution in [0.4, 0.5) is 5.69 Å². The number of hydrogen-bond donors (Lipinski definition) is 1. The van der Waals surface area contributed by atoms with E-state index in [1.807, 2.05) is 42.5 Å². The minimum absolute atomic E-state index is 0.468. The number of para-hydroxylation sites is 1. The highest BCUT2D eigenvalue weighted by molar-refractivity contribution is 7.99. The molecule has 0 saturated carbocycles. The first-order valence-corrected chi connectivity index (χ1v) is 12.3. The third-order valence-corrected chi connectivity index (χ3v) is 6.45. The second-order valence-corrected chi connectivity index (χ2v) is 8.88. The molecule has 3 aromatic rings. The van der Waals surface area contributed by atoms with Crippen LogP contribution in [0.15, 0.2) is 47.6 Å². The number of fused-ring (bicyclic) bond motifs is 3. The van der Waals surface area contributed by atoms with E-state index in [1.165, 1.54) is 25.7 Å². The van der Waals surface area contributed by atoms with E-state index in [-0.39, 0.29) is 0 Å². The van der Waals surface area contributed by atoms with Gasteiger partial charge < -0.3 is 19.5 Å². The van der Waals surface area contributed by atoms with Gasteiger partial charge in [-0.25, -0.2) is 0 Å². The van der Waals surface area contributed by atoms with Gasteiger partial charge in [-0.2, -0.15) is 4.98 Å². The molecule has 0 fully saturated rings. The Morgan fingerprint density at radius 1 is 0.970 bits per heavy atom. The van der Waals surface area contributed by atoms with Crippen LogP contribution in [-0.2, 0) is 0 Å². The largest absolute Gasteiger partial charge is 0.493 e. The minimum Gasteiger partial charge on any atom is -0.493 e. The van der Waals surface area contributed by atoms with Gasteiger partial charge in [0.05, 0.1) is 14.2 Å². The zero-order chi connectivity index (χ0) is 23.0. The Balaban J connectivity index is 1.60. The molecule has 0 saturated heterocycles. The third kappa shape index (κ3) is 5.50. The maximum atomic E-state index is 6.36. The molecule has 2 aromatic carbocycles. The number of anilines is 1. The first kappa shape index (κ1) is 23.2. The highest BCUT2D eigenvalue weighted by atomic mass is 32.2. The monoisotopic (exact) mass is 466 g/mol. The normalized spacial score (nSPS) is 14.3. The fraction of sp³-hybridized carbons (Fsp3) is 0.400. The van der Waals surface area contributed by atoms with E-state index >= 15 is 0 Å². The Kier molecular flexibility index (Phi) is 7.88. The summed E-state index contributed by atoms with van der Waals surface area (Å²) in [6, 6.07) is 13.7. The van der Waals surface area contributed by atoms with Crippen LogP contribution in [0.1, 0.15) is 50.8 Å². The van der Waals surface area contributed by atoms with Crippen molar-refractivity contribution < 1.29 is 14.2 Å². The van der Waals surface area contributed by atoms with Crippen molar-refractivity contribution in [2.75, 3.05) is 25.3 Å². The SMILES string of the molecule is CCCCCCCSc1nnc2c(n1)O[C@@H](c1ccc(OC)c(OC)c1)Nc1ccccc1-2. The average Bonchev–Trinajstić information content (AvgIpc) is 3.02. The van der Waals surface area contributed by atoms with Gasteiger partial charge in [0.25, 0.3) is 0 Å². The summed E-state index contributed by atoms with van der Waals surface area (Å²) < 4.78 is 17.2. The molecule has 1 aliphatic rings. The van der Waals surface area contributed by atoms with Crippen molar-refractivity contribution in [1.29, 1.82) is 0 Å². The van der Waals surface area contributed by atoms with Crippen LogP contribution < -0.4 is 19.5 Å². The third-order valence-electron chi connectivity index (χ3n) is 5.52. The summed E-state index contributed by atoms with van der Waals surface area (Å²) in [6.07, 6.45) is 5.71. The van der Waals surface area contributed by atoms with Gasteiger partial charge in [0.15, 0.2) is 23.4 Å². The summed E-state index contributed by atoms with van der Waals surface area (Å²) in [6.45, 7) is 2.23. The van der Waals surface area contributed by atoms with Crippen molar-refractivity contribution in [1.82, 2.24) is 15.2 Å². The number of nitrogens with one attached hydrogen (secondary N) is 1. The van der Waals surface area contributed by atoms with Crippen molar-refractivity contribution >= 4 is 17.4 Å². The van der Waals surface area contributed by atoms with E-state index in [4.69, 9.17) is 19.2 Å². The number of thioether (sulfide) groups is 1. The summed E-state index contributed by atoms with van der Waals surface area (Å²) in [4.78, 5) is 4.73. The molecule has 1 aliphatic heterocycles. The topological polar surface area (TPSA) is 78.4 Å². The standard InChI is InChI=1S/C25H30N4O3S/c1-4-5-6-7-10-15-33-25-27-24-22(28-29-25)18-11-8-9-12-19(18)26-23(32-24)17-13-14-20(30-2)21(16-17)31-3/h8-9,11-14,16,23,26H,4-7,10,15H2,1-3H3/t23-/m0/s1. The van der Waals surface area contributed by atoms with Crippen LogP contribution in [0.2, 0.25) is 0 Å². The highest BCUT2D eigenvalue weighted by Gasteiger charge is 2.26. The quantitative estimate of drug-likeness (QED) is 0.283. The molecule has 0 amide bonds. The molecule has 1 atom stereocenters. The summed E-state index contributed by atoms with van der Waals surface area (Å²) in [5.41, 5.74) is 3.34. The predicted molar refractivity (Wildman–Crippen MR) is 131 cm³/mol. The molecular weight excluding hydrogens is 436 g/mol. The Morgan fingerprint density at radius 3 is 2.61 bits per heavy atom. The number of nitrogens with zero attached hydrogens (tertiary/aromatic N) is 3. The van der Waals surface area contributed by atoms with Crippen molar-refractivity contribution in [2.24, 2.45) is 0 Å². The summed E-state index contributed by atoms with van der Waals surface area (Å²) >= 11 is 1.63. The van der Waals surface area contributed by atoms with Gasteiger partial charge in [0.1, 0.15) is 0 Å². The molecule has 0 bridgehead atoms. The number of methoxy groups -OCH3 is 2. The number of hydrogen-bond acceptors (Lipinski definition) is 8. The first-order chi connectivity index (χ1) is 16.2. The summed E-state index contributed by atoms with van der Waals surface area (Å²) in [5, 5.41) is 13.0. The maximum absolute atomic E-state index is 6.36. The fourth-order valence-corrected chi connectivity index (χ4v) is 4.52. The predicted octanol–water partition coefficient (Wildman–Crippen LogP) is 6.12. The van der Waals surface area contributed by atoms with Crippen molar-refractivity contribution in [3.63, 3.8) is 0 Å². The van der Waals surface area contributed by atoms with Crippen molar-refractivity contribution in [3.05, 3.63) is 48.0 Å². The summed E-state index contributed by atoms with van der Waals surface area (Å²) in [7, 11) is 3.24. The lowest BCUT2D eigenvalue weighted by atomic mass is 10.1. The Hall–Kier alpha value is -3.00. The van der Waals surface area contributed by atoms with Gasteiger partial charge in [-0.1, -0.05) is 62.6 Å². The molecule has 1 aromatic heterocycles. The van der Waals surface area contributed by atoms with E-state index < -0.39 is 6.23 Å². The molecule has 0 unspecified atom stereocenters. The lowest BCUT2D eigenvalue weighted by molar-refractivity contribution is 0.224. The zero-order valence-electron chi connectivity index (χ0n) is 19.3. The number of unbranched alkanes of at least 4 members (excludes halogenated alkanes) is 4. The Labute approximate surface area is 199 Å². The van der Waals surface area contributed by atoms with Crippen molar-refractivity contribution in [2.45, 2.75) is 50.4 Å². The number of ether oxygens (including phenoxy) is 3.